The lowest BCUT2D eigenvalue weighted by Gasteiger charge is -1.96. The lowest BCUT2D eigenvalue weighted by molar-refractivity contribution is 0.399. The Balaban J connectivity index is 0.000000189. The number of fused-ring (bicyclic) bond motifs is 1. The lowest BCUT2D eigenvalue weighted by Crippen LogP contribution is -1.78. The van der Waals surface area contributed by atoms with Crippen molar-refractivity contribution in [2.75, 3.05) is 7.11 Å². The van der Waals surface area contributed by atoms with Gasteiger partial charge in [-0.3, -0.25) is 0 Å². The molecule has 3 rings (SSSR count). The van der Waals surface area contributed by atoms with E-state index in [1.54, 1.807) is 0 Å². The molecule has 0 fully saturated rings. The van der Waals surface area contributed by atoms with Crippen LogP contribution in [-0.2, 0) is 0 Å². The third-order valence-electron chi connectivity index (χ3n) is 3.02. The van der Waals surface area contributed by atoms with Crippen LogP contribution < -0.4 is 0 Å². The third kappa shape index (κ3) is 5.80. The van der Waals surface area contributed by atoms with Crippen molar-refractivity contribution in [3.8, 4) is 0 Å². The summed E-state index contributed by atoms with van der Waals surface area (Å²) in [6, 6.07) is 23.3. The molecule has 0 saturated carbocycles. The molecule has 0 heterocycles. The van der Waals surface area contributed by atoms with Gasteiger partial charge in [0.1, 0.15) is 0 Å². The van der Waals surface area contributed by atoms with E-state index >= 15 is 0 Å². The fourth-order valence-electron chi connectivity index (χ4n) is 2.34. The van der Waals surface area contributed by atoms with Crippen LogP contribution in [0.1, 0.15) is 16.7 Å². The number of rotatable bonds is 0. The number of hydrogen-bond donors (Lipinski definition) is 1. The van der Waals surface area contributed by atoms with Gasteiger partial charge in [-0.05, 0) is 31.5 Å². The number of aryl methyl sites for hydroxylation is 3. The lowest BCUT2D eigenvalue weighted by atomic mass is 10.1. The van der Waals surface area contributed by atoms with Gasteiger partial charge in [0.2, 0.25) is 0 Å². The maximum Gasteiger partial charge on any atom is 0.0319 e. The van der Waals surface area contributed by atoms with E-state index in [1.165, 1.54) is 27.5 Å². The fraction of sp³-hybridized carbons (Fsp3) is 0.200. The second-order valence-electron chi connectivity index (χ2n) is 5.01. The molecule has 0 saturated heterocycles. The zero-order chi connectivity index (χ0) is 15.7. The second-order valence-corrected chi connectivity index (χ2v) is 5.01. The summed E-state index contributed by atoms with van der Waals surface area (Å²) in [4.78, 5) is 0. The van der Waals surface area contributed by atoms with Gasteiger partial charge in [-0.2, -0.15) is 0 Å². The van der Waals surface area contributed by atoms with E-state index in [0.717, 1.165) is 7.11 Å². The van der Waals surface area contributed by atoms with Crippen LogP contribution in [0.15, 0.2) is 66.7 Å². The molecule has 1 N–H and O–H groups in total. The molecule has 0 aliphatic rings. The van der Waals surface area contributed by atoms with E-state index in [4.69, 9.17) is 5.11 Å². The smallest absolute Gasteiger partial charge is 0.0319 e. The van der Waals surface area contributed by atoms with Crippen molar-refractivity contribution in [1.82, 2.24) is 0 Å². The minimum Gasteiger partial charge on any atom is -0.400 e. The molecule has 3 aromatic carbocycles. The molecule has 0 aromatic heterocycles. The van der Waals surface area contributed by atoms with Crippen molar-refractivity contribution >= 4 is 10.8 Å². The van der Waals surface area contributed by atoms with Crippen LogP contribution >= 0.6 is 0 Å². The fourth-order valence-corrected chi connectivity index (χ4v) is 2.34. The van der Waals surface area contributed by atoms with Gasteiger partial charge < -0.3 is 5.11 Å². The van der Waals surface area contributed by atoms with E-state index in [9.17, 15) is 0 Å². The summed E-state index contributed by atoms with van der Waals surface area (Å²) >= 11 is 0. The predicted molar refractivity (Wildman–Crippen MR) is 92.7 cm³/mol. The number of aliphatic hydroxyl groups is 1. The molecule has 0 aliphatic carbocycles. The van der Waals surface area contributed by atoms with Crippen molar-refractivity contribution in [2.45, 2.75) is 20.8 Å². The van der Waals surface area contributed by atoms with Gasteiger partial charge in [0.25, 0.3) is 0 Å². The van der Waals surface area contributed by atoms with Crippen molar-refractivity contribution in [1.29, 1.82) is 0 Å². The van der Waals surface area contributed by atoms with Gasteiger partial charge in [0, 0.05) is 7.11 Å². The molecule has 3 aromatic rings. The summed E-state index contributed by atoms with van der Waals surface area (Å²) in [5, 5.41) is 9.62. The highest BCUT2D eigenvalue weighted by molar-refractivity contribution is 5.81. The first-order valence-corrected chi connectivity index (χ1v) is 7.08. The summed E-state index contributed by atoms with van der Waals surface area (Å²) in [6.45, 7) is 6.38. The Morgan fingerprint density at radius 1 is 0.524 bits per heavy atom. The van der Waals surface area contributed by atoms with Crippen molar-refractivity contribution in [3.63, 3.8) is 0 Å². The van der Waals surface area contributed by atoms with E-state index in [2.05, 4.69) is 87.5 Å². The second kappa shape index (κ2) is 8.93. The zero-order valence-corrected chi connectivity index (χ0v) is 13.3. The Morgan fingerprint density at radius 3 is 1.00 bits per heavy atom. The van der Waals surface area contributed by atoms with Crippen LogP contribution in [0.4, 0.5) is 0 Å². The van der Waals surface area contributed by atoms with E-state index < -0.39 is 0 Å². The Morgan fingerprint density at radius 2 is 0.762 bits per heavy atom. The normalized spacial score (nSPS) is 9.19. The molecule has 0 radical (unpaired) electrons. The molecule has 0 aliphatic heterocycles. The van der Waals surface area contributed by atoms with Crippen LogP contribution in [0.25, 0.3) is 10.8 Å². The van der Waals surface area contributed by atoms with Gasteiger partial charge in [0.15, 0.2) is 0 Å². The molecule has 21 heavy (non-hydrogen) atoms. The Hall–Kier alpha value is -2.12. The van der Waals surface area contributed by atoms with Crippen LogP contribution in [0.5, 0.6) is 0 Å². The monoisotopic (exact) mass is 280 g/mol. The Labute approximate surface area is 127 Å². The molecule has 110 valence electrons. The minimum absolute atomic E-state index is 1.00. The van der Waals surface area contributed by atoms with E-state index in [-0.39, 0.29) is 0 Å². The molecule has 0 atom stereocenters. The summed E-state index contributed by atoms with van der Waals surface area (Å²) in [5.74, 6) is 0. The molecule has 1 nitrogen and oxygen atoms in total. The SMILES string of the molecule is CO.Cc1cc(C)cc(C)c1.c1ccc2ccccc2c1. The quantitative estimate of drug-likeness (QED) is 0.610. The summed E-state index contributed by atoms with van der Waals surface area (Å²) in [6.07, 6.45) is 0. The van der Waals surface area contributed by atoms with Crippen LogP contribution in [0.3, 0.4) is 0 Å². The highest BCUT2D eigenvalue weighted by atomic mass is 16.2. The first kappa shape index (κ1) is 16.9. The third-order valence-corrected chi connectivity index (χ3v) is 3.02. The van der Waals surface area contributed by atoms with E-state index in [1.807, 2.05) is 0 Å². The zero-order valence-electron chi connectivity index (χ0n) is 13.3. The largest absolute Gasteiger partial charge is 0.400 e. The van der Waals surface area contributed by atoms with Gasteiger partial charge in [-0.1, -0.05) is 83.4 Å². The average molecular weight is 280 g/mol. The maximum absolute atomic E-state index is 7.00. The highest BCUT2D eigenvalue weighted by Crippen LogP contribution is 2.11. The topological polar surface area (TPSA) is 20.2 Å². The first-order chi connectivity index (χ1) is 10.1. The van der Waals surface area contributed by atoms with Crippen LogP contribution in [0.2, 0.25) is 0 Å². The van der Waals surface area contributed by atoms with E-state index in [0.29, 0.717) is 0 Å². The number of benzene rings is 3. The molecule has 0 spiro atoms. The molecule has 0 bridgehead atoms. The molecular weight excluding hydrogens is 256 g/mol. The summed E-state index contributed by atoms with van der Waals surface area (Å²) in [5.41, 5.74) is 4.06. The van der Waals surface area contributed by atoms with Crippen LogP contribution in [0, 0.1) is 20.8 Å². The Bertz CT molecular complexity index is 556. The molecular formula is C20H24O. The standard InChI is InChI=1S/C10H8.C9H12.CH4O/c1-2-6-10-8-4-3-7-9(10)5-1;1-7-4-8(2)6-9(3)5-7;1-2/h1-8H;4-6H,1-3H3;2H,1H3. The maximum atomic E-state index is 7.00. The molecule has 1 heteroatoms. The first-order valence-electron chi connectivity index (χ1n) is 7.08. The highest BCUT2D eigenvalue weighted by Gasteiger charge is 1.87. The van der Waals surface area contributed by atoms with Gasteiger partial charge in [-0.25, -0.2) is 0 Å². The van der Waals surface area contributed by atoms with Gasteiger partial charge in [-0.15, -0.1) is 0 Å². The number of hydrogen-bond acceptors (Lipinski definition) is 1. The van der Waals surface area contributed by atoms with Gasteiger partial charge >= 0.3 is 0 Å². The minimum atomic E-state index is 1.00. The average Bonchev–Trinajstić information content (AvgIpc) is 2.49. The number of aliphatic hydroxyl groups excluding tert-OH is 1. The van der Waals surface area contributed by atoms with Crippen molar-refractivity contribution < 1.29 is 5.11 Å². The van der Waals surface area contributed by atoms with Crippen LogP contribution in [-0.4, -0.2) is 12.2 Å². The van der Waals surface area contributed by atoms with Gasteiger partial charge in [0.05, 0.1) is 0 Å². The van der Waals surface area contributed by atoms with Crippen molar-refractivity contribution in [2.24, 2.45) is 0 Å². The summed E-state index contributed by atoms with van der Waals surface area (Å²) in [7, 11) is 1.00. The molecule has 0 unspecified atom stereocenters. The van der Waals surface area contributed by atoms with Crippen molar-refractivity contribution in [3.05, 3.63) is 83.4 Å². The Kier molecular flexibility index (Phi) is 7.20. The summed E-state index contributed by atoms with van der Waals surface area (Å²) < 4.78 is 0. The predicted octanol–water partition coefficient (Wildman–Crippen LogP) is 5.06. The molecule has 0 amide bonds.